The number of nitro benzene ring substituents is 1. The molecule has 23 heavy (non-hydrogen) atoms. The lowest BCUT2D eigenvalue weighted by atomic mass is 10.1. The summed E-state index contributed by atoms with van der Waals surface area (Å²) in [4.78, 5) is 25.7. The van der Waals surface area contributed by atoms with Crippen molar-refractivity contribution in [2.45, 2.75) is 18.3 Å². The Hall–Kier alpha value is -2.36. The molecule has 0 aliphatic rings. The van der Waals surface area contributed by atoms with Crippen molar-refractivity contribution < 1.29 is 18.1 Å². The van der Waals surface area contributed by atoms with Crippen molar-refractivity contribution in [3.63, 3.8) is 0 Å². The van der Waals surface area contributed by atoms with Crippen LogP contribution in [0.2, 0.25) is 0 Å². The third kappa shape index (κ3) is 3.36. The largest absolute Gasteiger partial charge is 0.433 e. The molecule has 1 heterocycles. The Morgan fingerprint density at radius 1 is 1.30 bits per heavy atom. The number of hydrogen-bond donors (Lipinski definition) is 0. The van der Waals surface area contributed by atoms with Crippen LogP contribution < -0.4 is 5.56 Å². The Morgan fingerprint density at radius 3 is 2.43 bits per heavy atom. The van der Waals surface area contributed by atoms with E-state index in [4.69, 9.17) is 0 Å². The zero-order valence-corrected chi connectivity index (χ0v) is 12.7. The normalized spacial score (nSPS) is 11.5. The minimum absolute atomic E-state index is 0.151. The smallest absolute Gasteiger partial charge is 0.269 e. The van der Waals surface area contributed by atoms with Gasteiger partial charge in [0.05, 0.1) is 10.6 Å². The monoisotopic (exact) mass is 345 g/mol. The molecule has 0 aliphatic heterocycles. The first-order valence-electron chi connectivity index (χ1n) is 6.16. The highest BCUT2D eigenvalue weighted by atomic mass is 32.2. The predicted octanol–water partition coefficient (Wildman–Crippen LogP) is 3.19. The Morgan fingerprint density at radius 2 is 1.96 bits per heavy atom. The third-order valence-corrected chi connectivity index (χ3v) is 3.63. The Balaban J connectivity index is 2.69. The van der Waals surface area contributed by atoms with Gasteiger partial charge in [0.25, 0.3) is 11.2 Å². The number of nitrogens with zero attached hydrogens (tertiary/aromatic N) is 3. The van der Waals surface area contributed by atoms with E-state index in [0.29, 0.717) is 11.6 Å². The molecule has 0 amide bonds. The van der Waals surface area contributed by atoms with Crippen LogP contribution in [-0.2, 0) is 6.18 Å². The minimum Gasteiger partial charge on any atom is -0.269 e. The lowest BCUT2D eigenvalue weighted by Gasteiger charge is -2.14. The molecule has 0 fully saturated rings. The molecule has 2 aromatic rings. The highest BCUT2D eigenvalue weighted by molar-refractivity contribution is 7.98. The highest BCUT2D eigenvalue weighted by Crippen LogP contribution is 2.29. The molecule has 1 aromatic heterocycles. The first kappa shape index (κ1) is 17.0. The van der Waals surface area contributed by atoms with Crippen LogP contribution in [-0.4, -0.2) is 20.7 Å². The fourth-order valence-corrected chi connectivity index (χ4v) is 2.53. The van der Waals surface area contributed by atoms with Crippen LogP contribution in [0.3, 0.4) is 0 Å². The number of thioether (sulfide) groups is 1. The van der Waals surface area contributed by atoms with Crippen LogP contribution >= 0.6 is 11.8 Å². The van der Waals surface area contributed by atoms with Gasteiger partial charge in [0.1, 0.15) is 0 Å². The van der Waals surface area contributed by atoms with E-state index in [0.717, 1.165) is 16.3 Å². The van der Waals surface area contributed by atoms with E-state index in [2.05, 4.69) is 4.98 Å². The molecule has 0 radical (unpaired) electrons. The van der Waals surface area contributed by atoms with Gasteiger partial charge in [-0.25, -0.2) is 4.98 Å². The van der Waals surface area contributed by atoms with Gasteiger partial charge in [-0.05, 0) is 24.8 Å². The van der Waals surface area contributed by atoms with Gasteiger partial charge in [0.2, 0.25) is 0 Å². The summed E-state index contributed by atoms with van der Waals surface area (Å²) in [5.41, 5.74) is -1.74. The second-order valence-corrected chi connectivity index (χ2v) is 5.30. The zero-order chi connectivity index (χ0) is 17.4. The molecule has 10 heteroatoms. The lowest BCUT2D eigenvalue weighted by molar-refractivity contribution is -0.384. The molecule has 0 aliphatic carbocycles. The Labute approximate surface area is 132 Å². The van der Waals surface area contributed by atoms with E-state index in [1.54, 1.807) is 0 Å². The maximum Gasteiger partial charge on any atom is 0.433 e. The Kier molecular flexibility index (Phi) is 4.46. The maximum atomic E-state index is 12.7. The fraction of sp³-hybridized carbons (Fsp3) is 0.231. The molecule has 0 saturated heterocycles. The van der Waals surface area contributed by atoms with Gasteiger partial charge in [-0.2, -0.15) is 13.2 Å². The zero-order valence-electron chi connectivity index (χ0n) is 11.9. The van der Waals surface area contributed by atoms with Crippen molar-refractivity contribution in [3.05, 3.63) is 56.0 Å². The van der Waals surface area contributed by atoms with Crippen LogP contribution in [0.15, 0.2) is 34.2 Å². The van der Waals surface area contributed by atoms with Crippen molar-refractivity contribution >= 4 is 17.4 Å². The van der Waals surface area contributed by atoms with Crippen molar-refractivity contribution in [3.8, 4) is 5.69 Å². The van der Waals surface area contributed by atoms with Gasteiger partial charge >= 0.3 is 6.18 Å². The number of nitro groups is 1. The van der Waals surface area contributed by atoms with Gasteiger partial charge in [-0.1, -0.05) is 11.8 Å². The number of halogens is 3. The molecule has 1 aromatic carbocycles. The number of alkyl halides is 3. The molecule has 0 atom stereocenters. The number of hydrogen-bond acceptors (Lipinski definition) is 5. The topological polar surface area (TPSA) is 78.0 Å². The van der Waals surface area contributed by atoms with Crippen molar-refractivity contribution in [1.29, 1.82) is 0 Å². The summed E-state index contributed by atoms with van der Waals surface area (Å²) >= 11 is 0.872. The first-order valence-corrected chi connectivity index (χ1v) is 7.38. The second kappa shape index (κ2) is 6.03. The molecular formula is C13H10F3N3O3S. The second-order valence-electron chi connectivity index (χ2n) is 4.53. The summed E-state index contributed by atoms with van der Waals surface area (Å²) in [5.74, 6) is 0. The first-order chi connectivity index (χ1) is 10.6. The fourth-order valence-electron chi connectivity index (χ4n) is 1.97. The van der Waals surface area contributed by atoms with Crippen molar-refractivity contribution in [1.82, 2.24) is 9.55 Å². The van der Waals surface area contributed by atoms with Gasteiger partial charge in [0, 0.05) is 18.2 Å². The van der Waals surface area contributed by atoms with E-state index >= 15 is 0 Å². The van der Waals surface area contributed by atoms with E-state index in [1.165, 1.54) is 31.4 Å². The van der Waals surface area contributed by atoms with Crippen LogP contribution in [0.25, 0.3) is 5.69 Å². The van der Waals surface area contributed by atoms with E-state index in [9.17, 15) is 28.1 Å². The number of aromatic nitrogens is 2. The van der Waals surface area contributed by atoms with E-state index < -0.39 is 22.4 Å². The molecule has 0 N–H and O–H groups in total. The molecule has 122 valence electrons. The summed E-state index contributed by atoms with van der Waals surface area (Å²) in [6, 6.07) is 4.13. The quantitative estimate of drug-likeness (QED) is 0.369. The molecule has 0 saturated carbocycles. The molecule has 0 spiro atoms. The van der Waals surface area contributed by atoms with Gasteiger partial charge in [-0.15, -0.1) is 0 Å². The molecule has 0 bridgehead atoms. The summed E-state index contributed by atoms with van der Waals surface area (Å²) in [6.07, 6.45) is -3.24. The summed E-state index contributed by atoms with van der Waals surface area (Å²) in [6.45, 7) is 1.52. The molecule has 6 nitrogen and oxygen atoms in total. The van der Waals surface area contributed by atoms with Crippen LogP contribution in [0.5, 0.6) is 0 Å². The van der Waals surface area contributed by atoms with Gasteiger partial charge < -0.3 is 0 Å². The van der Waals surface area contributed by atoms with Crippen LogP contribution in [0.1, 0.15) is 11.3 Å². The SMILES string of the molecule is CSc1nc(C(F)(F)F)cc(=O)n1-c1ccc([N+](=O)[O-])cc1C. The lowest BCUT2D eigenvalue weighted by Crippen LogP contribution is -2.25. The number of rotatable bonds is 3. The van der Waals surface area contributed by atoms with Crippen LogP contribution in [0, 0.1) is 17.0 Å². The Bertz CT molecular complexity index is 833. The van der Waals surface area contributed by atoms with Crippen LogP contribution in [0.4, 0.5) is 18.9 Å². The predicted molar refractivity (Wildman–Crippen MR) is 78.0 cm³/mol. The summed E-state index contributed by atoms with van der Waals surface area (Å²) in [7, 11) is 0. The summed E-state index contributed by atoms with van der Waals surface area (Å²) < 4.78 is 39.2. The van der Waals surface area contributed by atoms with E-state index in [-0.39, 0.29) is 16.5 Å². The highest BCUT2D eigenvalue weighted by Gasteiger charge is 2.34. The van der Waals surface area contributed by atoms with Crippen molar-refractivity contribution in [2.75, 3.05) is 6.26 Å². The average molecular weight is 345 g/mol. The average Bonchev–Trinajstić information content (AvgIpc) is 2.45. The standard InChI is InChI=1S/C13H10F3N3O3S/c1-7-5-8(19(21)22)3-4-9(7)18-11(20)6-10(13(14,15)16)17-12(18)23-2/h3-6H,1-2H3. The molecular weight excluding hydrogens is 335 g/mol. The molecule has 2 rings (SSSR count). The minimum atomic E-state index is -4.73. The van der Waals surface area contributed by atoms with E-state index in [1.807, 2.05) is 0 Å². The van der Waals surface area contributed by atoms with Gasteiger partial charge in [0.15, 0.2) is 10.9 Å². The third-order valence-electron chi connectivity index (χ3n) is 2.99. The van der Waals surface area contributed by atoms with Crippen molar-refractivity contribution in [2.24, 2.45) is 0 Å². The number of benzene rings is 1. The maximum absolute atomic E-state index is 12.7. The van der Waals surface area contributed by atoms with Gasteiger partial charge in [-0.3, -0.25) is 19.5 Å². The number of aryl methyl sites for hydroxylation is 1. The number of non-ortho nitro benzene ring substituents is 1. The summed E-state index contributed by atoms with van der Waals surface area (Å²) in [5, 5.41) is 10.6. The molecule has 0 unspecified atom stereocenters.